The number of methoxy groups -OCH3 is 1. The van der Waals surface area contributed by atoms with E-state index in [-0.39, 0.29) is 16.2 Å². The molecule has 13 heavy (non-hydrogen) atoms. The fourth-order valence-electron chi connectivity index (χ4n) is 0.850. The van der Waals surface area contributed by atoms with E-state index in [0.29, 0.717) is 0 Å². The summed E-state index contributed by atoms with van der Waals surface area (Å²) >= 11 is 0.949. The molecular weight excluding hydrogens is 196 g/mol. The SMILES string of the molecule is COc1scc(C(=O)O)c1C(=O)O. The van der Waals surface area contributed by atoms with Crippen LogP contribution in [0, 0.1) is 0 Å². The first kappa shape index (κ1) is 9.53. The molecule has 1 heterocycles. The largest absolute Gasteiger partial charge is 0.487 e. The van der Waals surface area contributed by atoms with Crippen molar-refractivity contribution in [1.29, 1.82) is 0 Å². The molecule has 0 radical (unpaired) electrons. The lowest BCUT2D eigenvalue weighted by Gasteiger charge is -1.97. The minimum absolute atomic E-state index is 0.102. The van der Waals surface area contributed by atoms with Crippen molar-refractivity contribution in [3.63, 3.8) is 0 Å². The zero-order valence-corrected chi connectivity index (χ0v) is 7.42. The van der Waals surface area contributed by atoms with Gasteiger partial charge in [0.1, 0.15) is 5.56 Å². The maximum atomic E-state index is 10.6. The Morgan fingerprint density at radius 2 is 2.00 bits per heavy atom. The molecule has 70 valence electrons. The number of aromatic carboxylic acids is 2. The molecule has 0 aliphatic heterocycles. The number of carboxylic acid groups (broad SMARTS) is 2. The second-order valence-corrected chi connectivity index (χ2v) is 2.97. The molecule has 0 saturated heterocycles. The minimum Gasteiger partial charge on any atom is -0.487 e. The Kier molecular flexibility index (Phi) is 2.52. The van der Waals surface area contributed by atoms with Crippen molar-refractivity contribution in [3.05, 3.63) is 16.5 Å². The van der Waals surface area contributed by atoms with Gasteiger partial charge < -0.3 is 14.9 Å². The van der Waals surface area contributed by atoms with Gasteiger partial charge >= 0.3 is 11.9 Å². The Bertz CT molecular complexity index is 354. The third kappa shape index (κ3) is 1.62. The molecule has 0 aromatic carbocycles. The van der Waals surface area contributed by atoms with E-state index in [9.17, 15) is 9.59 Å². The molecule has 0 unspecified atom stereocenters. The van der Waals surface area contributed by atoms with Crippen LogP contribution in [-0.4, -0.2) is 29.3 Å². The summed E-state index contributed by atoms with van der Waals surface area (Å²) in [5.74, 6) is -2.56. The lowest BCUT2D eigenvalue weighted by atomic mass is 10.2. The van der Waals surface area contributed by atoms with Crippen molar-refractivity contribution in [2.45, 2.75) is 0 Å². The number of thiophene rings is 1. The summed E-state index contributed by atoms with van der Waals surface area (Å²) in [5.41, 5.74) is -0.533. The summed E-state index contributed by atoms with van der Waals surface area (Å²) < 4.78 is 4.71. The lowest BCUT2D eigenvalue weighted by molar-refractivity contribution is 0.0650. The molecular formula is C7H6O5S. The number of carboxylic acids is 2. The molecule has 6 heteroatoms. The van der Waals surface area contributed by atoms with Gasteiger partial charge in [-0.3, -0.25) is 0 Å². The summed E-state index contributed by atoms with van der Waals surface area (Å²) in [4.78, 5) is 21.2. The van der Waals surface area contributed by atoms with Crippen LogP contribution in [0.5, 0.6) is 5.06 Å². The summed E-state index contributed by atoms with van der Waals surface area (Å²) in [6.45, 7) is 0. The van der Waals surface area contributed by atoms with Crippen LogP contribution in [0.25, 0.3) is 0 Å². The smallest absolute Gasteiger partial charge is 0.341 e. The topological polar surface area (TPSA) is 83.8 Å². The van der Waals surface area contributed by atoms with Crippen molar-refractivity contribution in [3.8, 4) is 5.06 Å². The molecule has 0 amide bonds. The van der Waals surface area contributed by atoms with Gasteiger partial charge in [-0.05, 0) is 0 Å². The highest BCUT2D eigenvalue weighted by Crippen LogP contribution is 2.30. The molecule has 0 aliphatic rings. The van der Waals surface area contributed by atoms with Gasteiger partial charge in [-0.15, -0.1) is 11.3 Å². The summed E-state index contributed by atoms with van der Waals surface area (Å²) in [7, 11) is 1.30. The highest BCUT2D eigenvalue weighted by Gasteiger charge is 2.23. The van der Waals surface area contributed by atoms with E-state index in [1.165, 1.54) is 12.5 Å². The van der Waals surface area contributed by atoms with Gasteiger partial charge in [0.15, 0.2) is 5.06 Å². The van der Waals surface area contributed by atoms with E-state index in [2.05, 4.69) is 0 Å². The van der Waals surface area contributed by atoms with E-state index in [4.69, 9.17) is 14.9 Å². The summed E-state index contributed by atoms with van der Waals surface area (Å²) in [6.07, 6.45) is 0. The predicted molar refractivity (Wildman–Crippen MR) is 44.8 cm³/mol. The van der Waals surface area contributed by atoms with Gasteiger partial charge in [0.05, 0.1) is 12.7 Å². The zero-order valence-electron chi connectivity index (χ0n) is 6.60. The number of hydrogen-bond donors (Lipinski definition) is 2. The van der Waals surface area contributed by atoms with Crippen LogP contribution in [0.3, 0.4) is 0 Å². The highest BCUT2D eigenvalue weighted by atomic mass is 32.1. The van der Waals surface area contributed by atoms with Crippen molar-refractivity contribution >= 4 is 23.3 Å². The first-order chi connectivity index (χ1) is 6.07. The Balaban J connectivity index is 3.30. The minimum atomic E-state index is -1.30. The van der Waals surface area contributed by atoms with E-state index in [1.807, 2.05) is 0 Å². The van der Waals surface area contributed by atoms with Crippen molar-refractivity contribution in [2.24, 2.45) is 0 Å². The quantitative estimate of drug-likeness (QED) is 0.768. The highest BCUT2D eigenvalue weighted by molar-refractivity contribution is 7.12. The van der Waals surface area contributed by atoms with Gasteiger partial charge in [0, 0.05) is 5.38 Å². The van der Waals surface area contributed by atoms with Crippen molar-refractivity contribution in [1.82, 2.24) is 0 Å². The molecule has 1 aromatic heterocycles. The summed E-state index contributed by atoms with van der Waals surface area (Å²) in [6, 6.07) is 0. The molecule has 1 rings (SSSR count). The van der Waals surface area contributed by atoms with Crippen LogP contribution in [-0.2, 0) is 0 Å². The van der Waals surface area contributed by atoms with E-state index >= 15 is 0 Å². The van der Waals surface area contributed by atoms with Crippen molar-refractivity contribution < 1.29 is 24.5 Å². The van der Waals surface area contributed by atoms with Crippen LogP contribution in [0.4, 0.5) is 0 Å². The third-order valence-electron chi connectivity index (χ3n) is 1.39. The van der Waals surface area contributed by atoms with Crippen LogP contribution in [0.15, 0.2) is 5.38 Å². The molecule has 0 saturated carbocycles. The van der Waals surface area contributed by atoms with E-state index < -0.39 is 11.9 Å². The van der Waals surface area contributed by atoms with Crippen LogP contribution in [0.1, 0.15) is 20.7 Å². The molecule has 0 aliphatic carbocycles. The number of carbonyl (C=O) groups is 2. The normalized spacial score (nSPS) is 9.62. The summed E-state index contributed by atoms with van der Waals surface area (Å²) in [5, 5.41) is 18.6. The first-order valence-corrected chi connectivity index (χ1v) is 4.08. The number of rotatable bonds is 3. The molecule has 0 fully saturated rings. The number of ether oxygens (including phenoxy) is 1. The van der Waals surface area contributed by atoms with Crippen LogP contribution < -0.4 is 4.74 Å². The third-order valence-corrected chi connectivity index (χ3v) is 2.33. The van der Waals surface area contributed by atoms with Crippen LogP contribution >= 0.6 is 11.3 Å². The molecule has 0 spiro atoms. The lowest BCUT2D eigenvalue weighted by Crippen LogP contribution is -2.05. The molecule has 5 nitrogen and oxygen atoms in total. The predicted octanol–water partition coefficient (Wildman–Crippen LogP) is 1.15. The Morgan fingerprint density at radius 3 is 2.38 bits per heavy atom. The zero-order chi connectivity index (χ0) is 10.0. The Hall–Kier alpha value is -1.56. The maximum Gasteiger partial charge on any atom is 0.341 e. The van der Waals surface area contributed by atoms with Crippen LogP contribution in [0.2, 0.25) is 0 Å². The fourth-order valence-corrected chi connectivity index (χ4v) is 1.71. The van der Waals surface area contributed by atoms with E-state index in [0.717, 1.165) is 11.3 Å². The van der Waals surface area contributed by atoms with Gasteiger partial charge in [-0.1, -0.05) is 0 Å². The number of hydrogen-bond acceptors (Lipinski definition) is 4. The Morgan fingerprint density at radius 1 is 1.38 bits per heavy atom. The van der Waals surface area contributed by atoms with Gasteiger partial charge in [0.25, 0.3) is 0 Å². The molecule has 1 aromatic rings. The average Bonchev–Trinajstić information content (AvgIpc) is 2.46. The second kappa shape index (κ2) is 3.44. The monoisotopic (exact) mass is 202 g/mol. The van der Waals surface area contributed by atoms with Gasteiger partial charge in [-0.2, -0.15) is 0 Å². The van der Waals surface area contributed by atoms with Gasteiger partial charge in [-0.25, -0.2) is 9.59 Å². The molecule has 2 N–H and O–H groups in total. The standard InChI is InChI=1S/C7H6O5S/c1-12-7-4(6(10)11)3(2-13-7)5(8)9/h2H,1H3,(H,8,9)(H,10,11). The Labute approximate surface area is 77.2 Å². The van der Waals surface area contributed by atoms with E-state index in [1.54, 1.807) is 0 Å². The fraction of sp³-hybridized carbons (Fsp3) is 0.143. The molecule has 0 bridgehead atoms. The van der Waals surface area contributed by atoms with Gasteiger partial charge in [0.2, 0.25) is 0 Å². The average molecular weight is 202 g/mol. The maximum absolute atomic E-state index is 10.6. The van der Waals surface area contributed by atoms with Crippen molar-refractivity contribution in [2.75, 3.05) is 7.11 Å². The second-order valence-electron chi connectivity index (χ2n) is 2.13. The molecule has 0 atom stereocenters. The first-order valence-electron chi connectivity index (χ1n) is 3.20.